The molecule has 5 heteroatoms. The Hall–Kier alpha value is -0.610. The molecule has 110 valence electrons. The summed E-state index contributed by atoms with van der Waals surface area (Å²) in [4.78, 5) is 0. The van der Waals surface area contributed by atoms with Crippen molar-refractivity contribution in [2.75, 3.05) is 6.54 Å². The summed E-state index contributed by atoms with van der Waals surface area (Å²) in [6.07, 6.45) is 0.127. The van der Waals surface area contributed by atoms with E-state index in [9.17, 15) is 4.39 Å². The number of rotatable bonds is 6. The lowest BCUT2D eigenvalue weighted by Gasteiger charge is -2.22. The van der Waals surface area contributed by atoms with Crippen LogP contribution in [-0.2, 0) is 19.4 Å². The number of aromatic nitrogens is 2. The summed E-state index contributed by atoms with van der Waals surface area (Å²) in [5.74, 6) is 0. The van der Waals surface area contributed by atoms with Crippen molar-refractivity contribution in [2.45, 2.75) is 65.7 Å². The summed E-state index contributed by atoms with van der Waals surface area (Å²) in [5.41, 5.74) is 1.59. The third-order valence-electron chi connectivity index (χ3n) is 2.96. The first-order chi connectivity index (χ1) is 8.78. The van der Waals surface area contributed by atoms with Gasteiger partial charge in [0.2, 0.25) is 0 Å². The van der Waals surface area contributed by atoms with E-state index in [0.717, 1.165) is 17.8 Å². The summed E-state index contributed by atoms with van der Waals surface area (Å²) >= 11 is 6.27. The highest BCUT2D eigenvalue weighted by molar-refractivity contribution is 6.31. The molecule has 1 aromatic heterocycles. The second-order valence-electron chi connectivity index (χ2n) is 5.81. The molecular weight excluding hydrogens is 265 g/mol. The van der Waals surface area contributed by atoms with E-state index in [0.29, 0.717) is 24.5 Å². The molecule has 0 aliphatic heterocycles. The first kappa shape index (κ1) is 16.4. The van der Waals surface area contributed by atoms with E-state index >= 15 is 0 Å². The van der Waals surface area contributed by atoms with Crippen LogP contribution >= 0.6 is 11.6 Å². The molecule has 0 aliphatic rings. The van der Waals surface area contributed by atoms with E-state index in [4.69, 9.17) is 11.6 Å². The zero-order chi connectivity index (χ0) is 14.6. The van der Waals surface area contributed by atoms with Gasteiger partial charge in [-0.15, -0.1) is 0 Å². The summed E-state index contributed by atoms with van der Waals surface area (Å²) in [7, 11) is 0. The maximum Gasteiger partial charge on any atom is 0.118 e. The molecule has 0 radical (unpaired) electrons. The number of hydrogen-bond acceptors (Lipinski definition) is 2. The normalized spacial score (nSPS) is 13.8. The van der Waals surface area contributed by atoms with Crippen LogP contribution in [0.3, 0.4) is 0 Å². The predicted molar refractivity (Wildman–Crippen MR) is 78.6 cm³/mol. The molecule has 0 aromatic carbocycles. The fraction of sp³-hybridized carbons (Fsp3) is 0.786. The van der Waals surface area contributed by atoms with Crippen LogP contribution in [0.25, 0.3) is 0 Å². The van der Waals surface area contributed by atoms with Gasteiger partial charge in [-0.25, -0.2) is 4.39 Å². The molecule has 0 saturated carbocycles. The molecule has 0 saturated heterocycles. The topological polar surface area (TPSA) is 29.9 Å². The second-order valence-corrected chi connectivity index (χ2v) is 6.19. The van der Waals surface area contributed by atoms with E-state index in [1.165, 1.54) is 0 Å². The molecule has 0 amide bonds. The van der Waals surface area contributed by atoms with Crippen LogP contribution < -0.4 is 5.32 Å². The number of halogens is 2. The smallest absolute Gasteiger partial charge is 0.118 e. The first-order valence-electron chi connectivity index (χ1n) is 6.91. The van der Waals surface area contributed by atoms with Crippen LogP contribution in [0.15, 0.2) is 0 Å². The Morgan fingerprint density at radius 1 is 1.37 bits per heavy atom. The monoisotopic (exact) mass is 289 g/mol. The summed E-state index contributed by atoms with van der Waals surface area (Å²) in [6.45, 7) is 11.1. The average molecular weight is 290 g/mol. The molecule has 1 rings (SSSR count). The van der Waals surface area contributed by atoms with Crippen molar-refractivity contribution >= 4 is 11.6 Å². The minimum atomic E-state index is -0.955. The number of aryl methyl sites for hydroxylation is 2. The van der Waals surface area contributed by atoms with Crippen molar-refractivity contribution in [2.24, 2.45) is 0 Å². The van der Waals surface area contributed by atoms with E-state index in [-0.39, 0.29) is 5.54 Å². The van der Waals surface area contributed by atoms with Gasteiger partial charge in [-0.3, -0.25) is 4.68 Å². The zero-order valence-electron chi connectivity index (χ0n) is 12.6. The van der Waals surface area contributed by atoms with Gasteiger partial charge in [0.25, 0.3) is 0 Å². The van der Waals surface area contributed by atoms with Gasteiger partial charge < -0.3 is 5.32 Å². The molecule has 1 heterocycles. The summed E-state index contributed by atoms with van der Waals surface area (Å²) in [5, 5.41) is 8.21. The van der Waals surface area contributed by atoms with Gasteiger partial charge in [0.15, 0.2) is 0 Å². The molecule has 19 heavy (non-hydrogen) atoms. The first-order valence-corrected chi connectivity index (χ1v) is 7.29. The van der Waals surface area contributed by atoms with Crippen LogP contribution in [-0.4, -0.2) is 28.0 Å². The Morgan fingerprint density at radius 2 is 2.00 bits per heavy atom. The van der Waals surface area contributed by atoms with Crippen molar-refractivity contribution in [1.29, 1.82) is 0 Å². The Balaban J connectivity index is 2.73. The van der Waals surface area contributed by atoms with Crippen molar-refractivity contribution in [1.82, 2.24) is 15.1 Å². The van der Waals surface area contributed by atoms with E-state index in [1.807, 2.05) is 39.3 Å². The van der Waals surface area contributed by atoms with Crippen LogP contribution in [0.4, 0.5) is 4.39 Å². The zero-order valence-corrected chi connectivity index (χ0v) is 13.3. The van der Waals surface area contributed by atoms with Gasteiger partial charge >= 0.3 is 0 Å². The molecule has 1 N–H and O–H groups in total. The molecule has 3 nitrogen and oxygen atoms in total. The molecule has 0 fully saturated rings. The SMILES string of the molecule is CCc1nn(CC)c(CC(F)CNC(C)(C)C)c1Cl. The third-order valence-corrected chi connectivity index (χ3v) is 3.40. The predicted octanol–water partition coefficient (Wildman–Crippen LogP) is 3.39. The maximum absolute atomic E-state index is 14.1. The van der Waals surface area contributed by atoms with Gasteiger partial charge in [0, 0.05) is 25.0 Å². The van der Waals surface area contributed by atoms with E-state index < -0.39 is 6.17 Å². The summed E-state index contributed by atoms with van der Waals surface area (Å²) in [6, 6.07) is 0. The standard InChI is InChI=1S/C14H25ClFN3/c1-6-11-13(15)12(19(7-2)18-11)8-10(16)9-17-14(3,4)5/h10,17H,6-9H2,1-5H3. The van der Waals surface area contributed by atoms with Gasteiger partial charge in [0.1, 0.15) is 6.17 Å². The number of alkyl halides is 1. The Labute approximate surface area is 120 Å². The molecule has 1 unspecified atom stereocenters. The Bertz CT molecular complexity index is 410. The highest BCUT2D eigenvalue weighted by Crippen LogP contribution is 2.23. The lowest BCUT2D eigenvalue weighted by atomic mass is 10.1. The number of nitrogens with zero attached hydrogens (tertiary/aromatic N) is 2. The van der Waals surface area contributed by atoms with Crippen molar-refractivity contribution in [3.05, 3.63) is 16.4 Å². The third kappa shape index (κ3) is 4.77. The quantitative estimate of drug-likeness (QED) is 0.870. The van der Waals surface area contributed by atoms with E-state index in [1.54, 1.807) is 0 Å². The number of nitrogens with one attached hydrogen (secondary N) is 1. The van der Waals surface area contributed by atoms with Crippen LogP contribution in [0, 0.1) is 0 Å². The van der Waals surface area contributed by atoms with Gasteiger partial charge in [-0.05, 0) is 34.1 Å². The average Bonchev–Trinajstić information content (AvgIpc) is 2.63. The maximum atomic E-state index is 14.1. The highest BCUT2D eigenvalue weighted by Gasteiger charge is 2.20. The van der Waals surface area contributed by atoms with Crippen LogP contribution in [0.5, 0.6) is 0 Å². The van der Waals surface area contributed by atoms with E-state index in [2.05, 4.69) is 10.4 Å². The lowest BCUT2D eigenvalue weighted by molar-refractivity contribution is 0.280. The molecule has 0 aliphatic carbocycles. The minimum Gasteiger partial charge on any atom is -0.309 e. The minimum absolute atomic E-state index is 0.0757. The lowest BCUT2D eigenvalue weighted by Crippen LogP contribution is -2.40. The van der Waals surface area contributed by atoms with Crippen LogP contribution in [0.2, 0.25) is 5.02 Å². The van der Waals surface area contributed by atoms with Gasteiger partial charge in [0.05, 0.1) is 16.4 Å². The van der Waals surface area contributed by atoms with Crippen molar-refractivity contribution in [3.63, 3.8) is 0 Å². The second kappa shape index (κ2) is 6.71. The Kier molecular flexibility index (Phi) is 5.81. The van der Waals surface area contributed by atoms with Gasteiger partial charge in [-0.1, -0.05) is 18.5 Å². The molecule has 1 aromatic rings. The summed E-state index contributed by atoms with van der Waals surface area (Å²) < 4.78 is 15.9. The molecule has 1 atom stereocenters. The van der Waals surface area contributed by atoms with Crippen molar-refractivity contribution in [3.8, 4) is 0 Å². The molecular formula is C14H25ClFN3. The largest absolute Gasteiger partial charge is 0.309 e. The number of hydrogen-bond donors (Lipinski definition) is 1. The van der Waals surface area contributed by atoms with Crippen LogP contribution in [0.1, 0.15) is 46.0 Å². The highest BCUT2D eigenvalue weighted by atomic mass is 35.5. The fourth-order valence-electron chi connectivity index (χ4n) is 1.91. The molecule has 0 bridgehead atoms. The molecule has 0 spiro atoms. The fourth-order valence-corrected chi connectivity index (χ4v) is 2.26. The Morgan fingerprint density at radius 3 is 2.47 bits per heavy atom. The van der Waals surface area contributed by atoms with Crippen molar-refractivity contribution < 1.29 is 4.39 Å². The van der Waals surface area contributed by atoms with Gasteiger partial charge in [-0.2, -0.15) is 5.10 Å².